The van der Waals surface area contributed by atoms with Gasteiger partial charge >= 0.3 is 6.03 Å². The zero-order chi connectivity index (χ0) is 22.0. The summed E-state index contributed by atoms with van der Waals surface area (Å²) in [6, 6.07) is 5.89. The summed E-state index contributed by atoms with van der Waals surface area (Å²) in [6.07, 6.45) is 4.47. The van der Waals surface area contributed by atoms with Crippen LogP contribution in [-0.2, 0) is 9.59 Å². The quantitative estimate of drug-likeness (QED) is 0.703. The number of hydrogen-bond acceptors (Lipinski definition) is 5. The van der Waals surface area contributed by atoms with E-state index in [0.29, 0.717) is 19.4 Å². The van der Waals surface area contributed by atoms with E-state index in [2.05, 4.69) is 52.6 Å². The predicted molar refractivity (Wildman–Crippen MR) is 119 cm³/mol. The molecule has 8 heteroatoms. The molecular weight excluding hydrogens is 394 g/mol. The Morgan fingerprint density at radius 3 is 2.48 bits per heavy atom. The highest BCUT2D eigenvalue weighted by Crippen LogP contribution is 2.33. The Bertz CT molecular complexity index is 857. The fraction of sp³-hybridized carbons (Fsp3) is 0.609. The molecule has 4 amide bonds. The molecule has 2 saturated heterocycles. The molecule has 1 aromatic carbocycles. The average Bonchev–Trinajstić information content (AvgIpc) is 2.99. The van der Waals surface area contributed by atoms with Crippen LogP contribution in [0.2, 0.25) is 0 Å². The molecule has 2 aliphatic heterocycles. The first-order chi connectivity index (χ1) is 14.9. The number of urea groups is 1. The minimum Gasteiger partial charge on any atom is -0.369 e. The van der Waals surface area contributed by atoms with E-state index in [-0.39, 0.29) is 18.2 Å². The smallest absolute Gasteiger partial charge is 0.344 e. The summed E-state index contributed by atoms with van der Waals surface area (Å²) in [6.45, 7) is 8.51. The lowest BCUT2D eigenvalue weighted by molar-refractivity contribution is -0.140. The number of rotatable bonds is 5. The van der Waals surface area contributed by atoms with Crippen molar-refractivity contribution in [2.24, 2.45) is 0 Å². The number of imide groups is 1. The van der Waals surface area contributed by atoms with E-state index in [1.807, 2.05) is 0 Å². The van der Waals surface area contributed by atoms with Gasteiger partial charge in [-0.3, -0.25) is 19.9 Å². The Kier molecular flexibility index (Phi) is 6.18. The first kappa shape index (κ1) is 21.6. The number of carbonyl (C=O) groups excluding carboxylic acids is 3. The van der Waals surface area contributed by atoms with Crippen molar-refractivity contribution >= 4 is 23.5 Å². The van der Waals surface area contributed by atoms with Crippen molar-refractivity contribution in [3.63, 3.8) is 0 Å². The molecule has 4 rings (SSSR count). The number of piperazine rings is 1. The van der Waals surface area contributed by atoms with Gasteiger partial charge in [0.1, 0.15) is 5.54 Å². The molecule has 8 nitrogen and oxygen atoms in total. The van der Waals surface area contributed by atoms with Gasteiger partial charge in [0.2, 0.25) is 5.91 Å². The monoisotopic (exact) mass is 427 g/mol. The van der Waals surface area contributed by atoms with Crippen molar-refractivity contribution in [2.45, 2.75) is 57.9 Å². The summed E-state index contributed by atoms with van der Waals surface area (Å²) in [4.78, 5) is 42.2. The third-order valence-electron chi connectivity index (χ3n) is 7.05. The molecule has 168 valence electrons. The van der Waals surface area contributed by atoms with Gasteiger partial charge < -0.3 is 10.2 Å². The SMILES string of the molecule is Cc1cccc(N2CCN(CCC(=O)NN3C(=O)NC4(CCCCC4)C3=O)CC2)c1C. The molecule has 1 saturated carbocycles. The van der Waals surface area contributed by atoms with Gasteiger partial charge in [-0.1, -0.05) is 31.4 Å². The van der Waals surface area contributed by atoms with Crippen molar-refractivity contribution in [3.8, 4) is 0 Å². The second kappa shape index (κ2) is 8.86. The molecule has 0 bridgehead atoms. The van der Waals surface area contributed by atoms with E-state index in [1.54, 1.807) is 0 Å². The topological polar surface area (TPSA) is 85.0 Å². The maximum Gasteiger partial charge on any atom is 0.344 e. The second-order valence-electron chi connectivity index (χ2n) is 9.05. The molecule has 2 N–H and O–H groups in total. The van der Waals surface area contributed by atoms with Crippen LogP contribution in [0.5, 0.6) is 0 Å². The van der Waals surface area contributed by atoms with E-state index in [9.17, 15) is 14.4 Å². The largest absolute Gasteiger partial charge is 0.369 e. The van der Waals surface area contributed by atoms with Gasteiger partial charge in [0.15, 0.2) is 0 Å². The number of benzene rings is 1. The lowest BCUT2D eigenvalue weighted by Gasteiger charge is -2.37. The molecule has 31 heavy (non-hydrogen) atoms. The van der Waals surface area contributed by atoms with Gasteiger partial charge in [-0.15, -0.1) is 0 Å². The number of amides is 4. The van der Waals surface area contributed by atoms with Crippen LogP contribution in [0.4, 0.5) is 10.5 Å². The van der Waals surface area contributed by atoms with Crippen LogP contribution in [0.3, 0.4) is 0 Å². The van der Waals surface area contributed by atoms with Crippen molar-refractivity contribution in [2.75, 3.05) is 37.6 Å². The Morgan fingerprint density at radius 1 is 1.06 bits per heavy atom. The summed E-state index contributed by atoms with van der Waals surface area (Å²) in [5.41, 5.74) is 5.62. The van der Waals surface area contributed by atoms with E-state index in [0.717, 1.165) is 50.5 Å². The molecule has 1 aromatic rings. The van der Waals surface area contributed by atoms with Gasteiger partial charge in [-0.25, -0.2) is 4.79 Å². The number of hydrogen-bond donors (Lipinski definition) is 2. The Hall–Kier alpha value is -2.61. The fourth-order valence-corrected chi connectivity index (χ4v) is 4.95. The minimum absolute atomic E-state index is 0.257. The van der Waals surface area contributed by atoms with Gasteiger partial charge in [-0.2, -0.15) is 5.01 Å². The van der Waals surface area contributed by atoms with Crippen LogP contribution in [0.25, 0.3) is 0 Å². The predicted octanol–water partition coefficient (Wildman–Crippen LogP) is 2.10. The molecule has 3 aliphatic rings. The van der Waals surface area contributed by atoms with Gasteiger partial charge in [0, 0.05) is 44.8 Å². The highest BCUT2D eigenvalue weighted by molar-refractivity contribution is 6.08. The number of hydrazine groups is 1. The van der Waals surface area contributed by atoms with Crippen LogP contribution in [0.15, 0.2) is 18.2 Å². The first-order valence-electron chi connectivity index (χ1n) is 11.4. The Labute approximate surface area is 183 Å². The third kappa shape index (κ3) is 4.39. The minimum atomic E-state index is -0.813. The highest BCUT2D eigenvalue weighted by atomic mass is 16.2. The standard InChI is InChI=1S/C23H33N5O3/c1-17-7-6-8-19(18(17)2)27-15-13-26(14-16-27)12-9-20(29)25-28-21(30)23(24-22(28)31)10-4-3-5-11-23/h6-8H,3-5,9-16H2,1-2H3,(H,24,31)(H,25,29). The molecule has 1 aliphatic carbocycles. The first-order valence-corrected chi connectivity index (χ1v) is 11.4. The average molecular weight is 428 g/mol. The number of anilines is 1. The molecule has 1 spiro atoms. The summed E-state index contributed by atoms with van der Waals surface area (Å²) in [7, 11) is 0. The molecule has 0 radical (unpaired) electrons. The van der Waals surface area contributed by atoms with Crippen molar-refractivity contribution in [1.82, 2.24) is 20.7 Å². The molecular formula is C23H33N5O3. The number of nitrogens with zero attached hydrogens (tertiary/aromatic N) is 3. The van der Waals surface area contributed by atoms with Crippen LogP contribution in [-0.4, -0.2) is 66.0 Å². The summed E-state index contributed by atoms with van der Waals surface area (Å²) < 4.78 is 0. The van der Waals surface area contributed by atoms with Crippen LogP contribution < -0.4 is 15.6 Å². The maximum absolute atomic E-state index is 12.8. The molecule has 2 heterocycles. The van der Waals surface area contributed by atoms with E-state index >= 15 is 0 Å². The Balaban J connectivity index is 1.24. The van der Waals surface area contributed by atoms with Gasteiger partial charge in [0.05, 0.1) is 0 Å². The molecule has 0 aromatic heterocycles. The molecule has 0 atom stereocenters. The number of nitrogens with one attached hydrogen (secondary N) is 2. The second-order valence-corrected chi connectivity index (χ2v) is 9.05. The highest BCUT2D eigenvalue weighted by Gasteiger charge is 2.52. The molecule has 3 fully saturated rings. The Morgan fingerprint density at radius 2 is 1.77 bits per heavy atom. The fourth-order valence-electron chi connectivity index (χ4n) is 4.95. The maximum atomic E-state index is 12.8. The van der Waals surface area contributed by atoms with Crippen LogP contribution >= 0.6 is 0 Å². The van der Waals surface area contributed by atoms with E-state index < -0.39 is 11.6 Å². The number of carbonyl (C=O) groups is 3. The van der Waals surface area contributed by atoms with Crippen molar-refractivity contribution < 1.29 is 14.4 Å². The van der Waals surface area contributed by atoms with E-state index in [4.69, 9.17) is 0 Å². The third-order valence-corrected chi connectivity index (χ3v) is 7.05. The van der Waals surface area contributed by atoms with Gasteiger partial charge in [-0.05, 0) is 43.9 Å². The molecule has 0 unspecified atom stereocenters. The van der Waals surface area contributed by atoms with Gasteiger partial charge in [0.25, 0.3) is 5.91 Å². The van der Waals surface area contributed by atoms with Crippen LogP contribution in [0, 0.1) is 13.8 Å². The summed E-state index contributed by atoms with van der Waals surface area (Å²) >= 11 is 0. The lowest BCUT2D eigenvalue weighted by Crippen LogP contribution is -2.51. The summed E-state index contributed by atoms with van der Waals surface area (Å²) in [5.74, 6) is -0.610. The number of aryl methyl sites for hydroxylation is 1. The van der Waals surface area contributed by atoms with Crippen LogP contribution in [0.1, 0.15) is 49.7 Å². The summed E-state index contributed by atoms with van der Waals surface area (Å²) in [5, 5.41) is 3.71. The zero-order valence-corrected chi connectivity index (χ0v) is 18.6. The van der Waals surface area contributed by atoms with Crippen molar-refractivity contribution in [3.05, 3.63) is 29.3 Å². The van der Waals surface area contributed by atoms with E-state index in [1.165, 1.54) is 16.8 Å². The normalized spacial score (nSPS) is 21.5. The lowest BCUT2D eigenvalue weighted by atomic mass is 9.82. The van der Waals surface area contributed by atoms with Crippen molar-refractivity contribution in [1.29, 1.82) is 0 Å². The zero-order valence-electron chi connectivity index (χ0n) is 18.6.